The number of thiophene rings is 1. The van der Waals surface area contributed by atoms with Crippen molar-refractivity contribution in [3.63, 3.8) is 0 Å². The standard InChI is InChI=1S/C10H13Br2NOS/c1-6-4-8(15-9(6)12)10(14)13(3)5-7(2)11/h4,7H,5H2,1-3H3. The van der Waals surface area contributed by atoms with Gasteiger partial charge in [0.2, 0.25) is 0 Å². The van der Waals surface area contributed by atoms with E-state index in [0.717, 1.165) is 14.2 Å². The third kappa shape index (κ3) is 3.57. The lowest BCUT2D eigenvalue weighted by Crippen LogP contribution is -2.30. The van der Waals surface area contributed by atoms with Crippen LogP contribution in [0.1, 0.15) is 22.2 Å². The summed E-state index contributed by atoms with van der Waals surface area (Å²) in [5.41, 5.74) is 1.11. The number of aryl methyl sites for hydroxylation is 1. The fourth-order valence-corrected chi connectivity index (χ4v) is 3.18. The molecular formula is C10H13Br2NOS. The van der Waals surface area contributed by atoms with Gasteiger partial charge in [-0.05, 0) is 34.5 Å². The number of rotatable bonds is 3. The van der Waals surface area contributed by atoms with E-state index >= 15 is 0 Å². The molecule has 1 atom stereocenters. The first-order valence-electron chi connectivity index (χ1n) is 4.57. The maximum Gasteiger partial charge on any atom is 0.263 e. The number of amides is 1. The highest BCUT2D eigenvalue weighted by Gasteiger charge is 2.16. The van der Waals surface area contributed by atoms with Crippen molar-refractivity contribution in [1.82, 2.24) is 4.90 Å². The van der Waals surface area contributed by atoms with E-state index in [0.29, 0.717) is 11.4 Å². The normalized spacial score (nSPS) is 12.6. The quantitative estimate of drug-likeness (QED) is 0.758. The van der Waals surface area contributed by atoms with Crippen LogP contribution < -0.4 is 0 Å². The molecule has 1 aromatic rings. The van der Waals surface area contributed by atoms with Gasteiger partial charge in [-0.25, -0.2) is 0 Å². The third-order valence-corrected chi connectivity index (χ3v) is 4.35. The molecule has 1 unspecified atom stereocenters. The lowest BCUT2D eigenvalue weighted by Gasteiger charge is -2.17. The Morgan fingerprint density at radius 1 is 1.67 bits per heavy atom. The molecule has 15 heavy (non-hydrogen) atoms. The van der Waals surface area contributed by atoms with E-state index in [1.807, 2.05) is 27.0 Å². The predicted molar refractivity (Wildman–Crippen MR) is 72.1 cm³/mol. The zero-order valence-electron chi connectivity index (χ0n) is 8.88. The molecule has 0 aliphatic rings. The monoisotopic (exact) mass is 353 g/mol. The molecule has 0 aliphatic carbocycles. The molecule has 0 bridgehead atoms. The fraction of sp³-hybridized carbons (Fsp3) is 0.500. The largest absolute Gasteiger partial charge is 0.340 e. The van der Waals surface area contributed by atoms with Crippen molar-refractivity contribution in [3.05, 3.63) is 20.3 Å². The zero-order chi connectivity index (χ0) is 11.6. The second kappa shape index (κ2) is 5.46. The number of carbonyl (C=O) groups excluding carboxylic acids is 1. The molecule has 1 amide bonds. The Morgan fingerprint density at radius 3 is 2.67 bits per heavy atom. The summed E-state index contributed by atoms with van der Waals surface area (Å²) in [4.78, 5) is 14.8. The van der Waals surface area contributed by atoms with Gasteiger partial charge in [-0.2, -0.15) is 0 Å². The minimum absolute atomic E-state index is 0.0834. The number of hydrogen-bond acceptors (Lipinski definition) is 2. The lowest BCUT2D eigenvalue weighted by molar-refractivity contribution is 0.0802. The molecule has 0 fully saturated rings. The highest BCUT2D eigenvalue weighted by molar-refractivity contribution is 9.11. The molecule has 0 aliphatic heterocycles. The molecule has 0 aromatic carbocycles. The van der Waals surface area contributed by atoms with E-state index in [1.54, 1.807) is 4.90 Å². The minimum atomic E-state index is 0.0834. The summed E-state index contributed by atoms with van der Waals surface area (Å²) in [5.74, 6) is 0.0834. The highest BCUT2D eigenvalue weighted by atomic mass is 79.9. The number of hydrogen-bond donors (Lipinski definition) is 0. The van der Waals surface area contributed by atoms with E-state index in [1.165, 1.54) is 11.3 Å². The van der Waals surface area contributed by atoms with Gasteiger partial charge in [-0.3, -0.25) is 4.79 Å². The van der Waals surface area contributed by atoms with E-state index in [9.17, 15) is 4.79 Å². The topological polar surface area (TPSA) is 20.3 Å². The van der Waals surface area contributed by atoms with Crippen LogP contribution in [0.15, 0.2) is 9.85 Å². The Kier molecular flexibility index (Phi) is 4.80. The number of alkyl halides is 1. The minimum Gasteiger partial charge on any atom is -0.340 e. The summed E-state index contributed by atoms with van der Waals surface area (Å²) in [6, 6.07) is 1.92. The van der Waals surface area contributed by atoms with Gasteiger partial charge in [0, 0.05) is 18.4 Å². The van der Waals surface area contributed by atoms with Crippen molar-refractivity contribution in [2.75, 3.05) is 13.6 Å². The number of carbonyl (C=O) groups is 1. The molecule has 84 valence electrons. The van der Waals surface area contributed by atoms with Crippen molar-refractivity contribution in [1.29, 1.82) is 0 Å². The van der Waals surface area contributed by atoms with Crippen LogP contribution in [0.4, 0.5) is 0 Å². The molecule has 1 rings (SSSR count). The van der Waals surface area contributed by atoms with Gasteiger partial charge >= 0.3 is 0 Å². The number of halogens is 2. The summed E-state index contributed by atoms with van der Waals surface area (Å²) < 4.78 is 1.03. The molecule has 0 spiro atoms. The van der Waals surface area contributed by atoms with Gasteiger partial charge in [0.1, 0.15) is 0 Å². The maximum atomic E-state index is 11.9. The molecule has 0 radical (unpaired) electrons. The van der Waals surface area contributed by atoms with Crippen LogP contribution in [0.5, 0.6) is 0 Å². The van der Waals surface area contributed by atoms with Crippen molar-refractivity contribution < 1.29 is 4.79 Å². The summed E-state index contributed by atoms with van der Waals surface area (Å²) in [5, 5.41) is 0. The van der Waals surface area contributed by atoms with Crippen LogP contribution >= 0.6 is 43.2 Å². The average Bonchev–Trinajstić information content (AvgIpc) is 2.44. The van der Waals surface area contributed by atoms with E-state index in [2.05, 4.69) is 31.9 Å². The summed E-state index contributed by atoms with van der Waals surface area (Å²) >= 11 is 8.35. The van der Waals surface area contributed by atoms with Crippen LogP contribution in [-0.2, 0) is 0 Å². The second-order valence-electron chi connectivity index (χ2n) is 3.53. The lowest BCUT2D eigenvalue weighted by atomic mass is 10.3. The molecule has 0 saturated carbocycles. The highest BCUT2D eigenvalue weighted by Crippen LogP contribution is 2.28. The Balaban J connectivity index is 2.76. The van der Waals surface area contributed by atoms with Gasteiger partial charge in [-0.15, -0.1) is 11.3 Å². The van der Waals surface area contributed by atoms with Gasteiger partial charge in [0.05, 0.1) is 8.66 Å². The molecule has 1 aromatic heterocycles. The molecule has 2 nitrogen and oxygen atoms in total. The first-order chi connectivity index (χ1) is 6.91. The Morgan fingerprint density at radius 2 is 2.27 bits per heavy atom. The SMILES string of the molecule is Cc1cc(C(=O)N(C)CC(C)Br)sc1Br. The van der Waals surface area contributed by atoms with Crippen molar-refractivity contribution >= 4 is 49.1 Å². The van der Waals surface area contributed by atoms with Crippen molar-refractivity contribution in [2.45, 2.75) is 18.7 Å². The molecular weight excluding hydrogens is 342 g/mol. The Bertz CT molecular complexity index is 343. The summed E-state index contributed by atoms with van der Waals surface area (Å²) in [6.45, 7) is 4.73. The van der Waals surface area contributed by atoms with Crippen LogP contribution in [0.2, 0.25) is 0 Å². The molecule has 0 N–H and O–H groups in total. The Hall–Kier alpha value is 0.130. The van der Waals surface area contributed by atoms with E-state index in [4.69, 9.17) is 0 Å². The van der Waals surface area contributed by atoms with E-state index < -0.39 is 0 Å². The average molecular weight is 355 g/mol. The van der Waals surface area contributed by atoms with Crippen LogP contribution in [0.3, 0.4) is 0 Å². The van der Waals surface area contributed by atoms with Crippen LogP contribution in [0, 0.1) is 6.92 Å². The zero-order valence-corrected chi connectivity index (χ0v) is 12.9. The smallest absolute Gasteiger partial charge is 0.263 e. The fourth-order valence-electron chi connectivity index (χ4n) is 1.21. The third-order valence-electron chi connectivity index (χ3n) is 1.94. The van der Waals surface area contributed by atoms with Gasteiger partial charge in [-0.1, -0.05) is 22.9 Å². The molecule has 1 heterocycles. The van der Waals surface area contributed by atoms with Gasteiger partial charge in [0.15, 0.2) is 0 Å². The van der Waals surface area contributed by atoms with Crippen molar-refractivity contribution in [2.24, 2.45) is 0 Å². The first-order valence-corrected chi connectivity index (χ1v) is 7.09. The summed E-state index contributed by atoms with van der Waals surface area (Å²) in [6.07, 6.45) is 0. The molecule has 0 saturated heterocycles. The second-order valence-corrected chi connectivity index (χ2v) is 7.47. The van der Waals surface area contributed by atoms with Crippen LogP contribution in [-0.4, -0.2) is 29.2 Å². The van der Waals surface area contributed by atoms with E-state index in [-0.39, 0.29) is 5.91 Å². The Labute approximate surface area is 111 Å². The van der Waals surface area contributed by atoms with Gasteiger partial charge < -0.3 is 4.90 Å². The van der Waals surface area contributed by atoms with Crippen LogP contribution in [0.25, 0.3) is 0 Å². The number of nitrogens with zero attached hydrogens (tertiary/aromatic N) is 1. The first kappa shape index (κ1) is 13.2. The maximum absolute atomic E-state index is 11.9. The van der Waals surface area contributed by atoms with Gasteiger partial charge in [0.25, 0.3) is 5.91 Å². The van der Waals surface area contributed by atoms with Crippen molar-refractivity contribution in [3.8, 4) is 0 Å². The predicted octanol–water partition coefficient (Wildman–Crippen LogP) is 3.67. The summed E-state index contributed by atoms with van der Waals surface area (Å²) in [7, 11) is 1.82. The molecule has 5 heteroatoms.